The molecule has 0 aliphatic rings. The van der Waals surface area contributed by atoms with Crippen molar-refractivity contribution >= 4 is 39.4 Å². The Morgan fingerprint density at radius 2 is 2.20 bits per heavy atom. The van der Waals surface area contributed by atoms with Crippen LogP contribution in [0.4, 0.5) is 0 Å². The molecular formula is C14H13BrN2O2S. The summed E-state index contributed by atoms with van der Waals surface area (Å²) in [6, 6.07) is 11.4. The molecular weight excluding hydrogens is 340 g/mol. The first-order valence-corrected chi connectivity index (χ1v) is 7.52. The Morgan fingerprint density at radius 1 is 1.40 bits per heavy atom. The van der Waals surface area contributed by atoms with Gasteiger partial charge in [0.05, 0.1) is 10.0 Å². The lowest BCUT2D eigenvalue weighted by Gasteiger charge is -2.07. The lowest BCUT2D eigenvalue weighted by atomic mass is 10.2. The number of hydrazone groups is 1. The lowest BCUT2D eigenvalue weighted by molar-refractivity contribution is -0.123. The van der Waals surface area contributed by atoms with Crippen LogP contribution < -0.4 is 10.2 Å². The molecule has 6 heteroatoms. The summed E-state index contributed by atoms with van der Waals surface area (Å²) < 4.78 is 6.44. The third-order valence-electron chi connectivity index (χ3n) is 2.43. The number of aryl methyl sites for hydroxylation is 1. The van der Waals surface area contributed by atoms with Gasteiger partial charge in [-0.05, 0) is 46.6 Å². The zero-order chi connectivity index (χ0) is 14.4. The van der Waals surface area contributed by atoms with Crippen molar-refractivity contribution in [2.24, 2.45) is 5.10 Å². The quantitative estimate of drug-likeness (QED) is 0.662. The smallest absolute Gasteiger partial charge is 0.277 e. The van der Waals surface area contributed by atoms with Gasteiger partial charge in [-0.25, -0.2) is 5.43 Å². The highest BCUT2D eigenvalue weighted by molar-refractivity contribution is 9.11. The molecule has 0 aliphatic carbocycles. The number of ether oxygens (including phenoxy) is 1. The standard InChI is InChI=1S/C14H13BrN2O2S/c1-10-4-2-3-5-12(10)19-9-14(18)17-16-8-11-6-7-13(15)20-11/h2-8H,9H2,1H3,(H,17,18). The van der Waals surface area contributed by atoms with Crippen LogP contribution in [0.3, 0.4) is 0 Å². The number of halogens is 1. The van der Waals surface area contributed by atoms with Crippen molar-refractivity contribution < 1.29 is 9.53 Å². The second-order valence-corrected chi connectivity index (χ2v) is 6.48. The molecule has 104 valence electrons. The Hall–Kier alpha value is -1.66. The van der Waals surface area contributed by atoms with Gasteiger partial charge in [-0.3, -0.25) is 4.79 Å². The topological polar surface area (TPSA) is 50.7 Å². The van der Waals surface area contributed by atoms with Gasteiger partial charge in [0.2, 0.25) is 0 Å². The minimum atomic E-state index is -0.292. The molecule has 0 fully saturated rings. The van der Waals surface area contributed by atoms with Crippen molar-refractivity contribution in [1.82, 2.24) is 5.43 Å². The monoisotopic (exact) mass is 352 g/mol. The van der Waals surface area contributed by atoms with Crippen LogP contribution in [0.2, 0.25) is 0 Å². The summed E-state index contributed by atoms with van der Waals surface area (Å²) in [6.07, 6.45) is 1.60. The number of rotatable bonds is 5. The van der Waals surface area contributed by atoms with Crippen LogP contribution >= 0.6 is 27.3 Å². The molecule has 0 spiro atoms. The van der Waals surface area contributed by atoms with E-state index in [-0.39, 0.29) is 12.5 Å². The maximum absolute atomic E-state index is 11.6. The zero-order valence-electron chi connectivity index (χ0n) is 10.8. The van der Waals surface area contributed by atoms with Crippen molar-refractivity contribution in [2.45, 2.75) is 6.92 Å². The first-order valence-electron chi connectivity index (χ1n) is 5.91. The van der Waals surface area contributed by atoms with Gasteiger partial charge < -0.3 is 4.74 Å². The third-order valence-corrected chi connectivity index (χ3v) is 3.99. The molecule has 1 heterocycles. The summed E-state index contributed by atoms with van der Waals surface area (Å²) >= 11 is 4.90. The van der Waals surface area contributed by atoms with E-state index in [0.717, 1.165) is 14.2 Å². The maximum atomic E-state index is 11.6. The van der Waals surface area contributed by atoms with Crippen molar-refractivity contribution in [3.8, 4) is 5.75 Å². The van der Waals surface area contributed by atoms with E-state index in [2.05, 4.69) is 26.5 Å². The molecule has 0 aliphatic heterocycles. The number of nitrogens with one attached hydrogen (secondary N) is 1. The van der Waals surface area contributed by atoms with Crippen LogP contribution in [0.1, 0.15) is 10.4 Å². The highest BCUT2D eigenvalue weighted by Gasteiger charge is 2.03. The SMILES string of the molecule is Cc1ccccc1OCC(=O)NN=Cc1ccc(Br)s1. The number of carbonyl (C=O) groups is 1. The fourth-order valence-electron chi connectivity index (χ4n) is 1.46. The minimum Gasteiger partial charge on any atom is -0.483 e. The van der Waals surface area contributed by atoms with E-state index in [1.807, 2.05) is 43.3 Å². The van der Waals surface area contributed by atoms with Crippen molar-refractivity contribution in [3.05, 3.63) is 50.6 Å². The van der Waals surface area contributed by atoms with Gasteiger partial charge in [-0.1, -0.05) is 18.2 Å². The molecule has 1 aromatic carbocycles. The second-order valence-electron chi connectivity index (χ2n) is 3.99. The molecule has 0 saturated heterocycles. The Balaban J connectivity index is 1.78. The van der Waals surface area contributed by atoms with E-state index in [9.17, 15) is 4.79 Å². The Morgan fingerprint density at radius 3 is 2.90 bits per heavy atom. The summed E-state index contributed by atoms with van der Waals surface area (Å²) in [5, 5.41) is 3.87. The highest BCUT2D eigenvalue weighted by atomic mass is 79.9. The predicted molar refractivity (Wildman–Crippen MR) is 84.4 cm³/mol. The first-order chi connectivity index (χ1) is 9.65. The predicted octanol–water partition coefficient (Wildman–Crippen LogP) is 3.35. The van der Waals surface area contributed by atoms with Crippen LogP contribution in [-0.4, -0.2) is 18.7 Å². The number of hydrogen-bond donors (Lipinski definition) is 1. The van der Waals surface area contributed by atoms with E-state index in [4.69, 9.17) is 4.74 Å². The largest absolute Gasteiger partial charge is 0.483 e. The average molecular weight is 353 g/mol. The van der Waals surface area contributed by atoms with Gasteiger partial charge in [0, 0.05) is 4.88 Å². The molecule has 0 unspecified atom stereocenters. The molecule has 0 radical (unpaired) electrons. The normalized spacial score (nSPS) is 10.7. The van der Waals surface area contributed by atoms with Gasteiger partial charge in [0.15, 0.2) is 6.61 Å². The fraction of sp³-hybridized carbons (Fsp3) is 0.143. The second kappa shape index (κ2) is 7.21. The molecule has 2 aromatic rings. The summed E-state index contributed by atoms with van der Waals surface area (Å²) in [4.78, 5) is 12.5. The van der Waals surface area contributed by atoms with Crippen molar-refractivity contribution in [2.75, 3.05) is 6.61 Å². The molecule has 1 aromatic heterocycles. The van der Waals surface area contributed by atoms with Crippen LogP contribution in [0.25, 0.3) is 0 Å². The molecule has 1 amide bonds. The van der Waals surface area contributed by atoms with Crippen LogP contribution in [-0.2, 0) is 4.79 Å². The van der Waals surface area contributed by atoms with Crippen molar-refractivity contribution in [1.29, 1.82) is 0 Å². The Labute approximate surface area is 129 Å². The summed E-state index contributed by atoms with van der Waals surface area (Å²) in [5.41, 5.74) is 3.42. The van der Waals surface area contributed by atoms with E-state index in [1.165, 1.54) is 11.3 Å². The van der Waals surface area contributed by atoms with Gasteiger partial charge in [-0.2, -0.15) is 5.10 Å². The summed E-state index contributed by atoms with van der Waals surface area (Å²) in [5.74, 6) is 0.411. The maximum Gasteiger partial charge on any atom is 0.277 e. The fourth-order valence-corrected chi connectivity index (χ4v) is 2.76. The van der Waals surface area contributed by atoms with Gasteiger partial charge in [-0.15, -0.1) is 11.3 Å². The van der Waals surface area contributed by atoms with Crippen LogP contribution in [0.15, 0.2) is 45.3 Å². The number of thiophene rings is 1. The molecule has 20 heavy (non-hydrogen) atoms. The number of nitrogens with zero attached hydrogens (tertiary/aromatic N) is 1. The van der Waals surface area contributed by atoms with Crippen LogP contribution in [0.5, 0.6) is 5.75 Å². The number of hydrogen-bond acceptors (Lipinski definition) is 4. The third kappa shape index (κ3) is 4.47. The number of amides is 1. The van der Waals surface area contributed by atoms with Crippen molar-refractivity contribution in [3.63, 3.8) is 0 Å². The van der Waals surface area contributed by atoms with Gasteiger partial charge in [0.1, 0.15) is 5.75 Å². The molecule has 0 saturated carbocycles. The molecule has 1 N–H and O–H groups in total. The van der Waals surface area contributed by atoms with E-state index in [1.54, 1.807) is 6.21 Å². The van der Waals surface area contributed by atoms with E-state index >= 15 is 0 Å². The number of carbonyl (C=O) groups excluding carboxylic acids is 1. The summed E-state index contributed by atoms with van der Waals surface area (Å²) in [7, 11) is 0. The molecule has 0 atom stereocenters. The highest BCUT2D eigenvalue weighted by Crippen LogP contribution is 2.20. The van der Waals surface area contributed by atoms with Gasteiger partial charge in [0.25, 0.3) is 5.91 Å². The molecule has 2 rings (SSSR count). The zero-order valence-corrected chi connectivity index (χ0v) is 13.2. The minimum absolute atomic E-state index is 0.0592. The summed E-state index contributed by atoms with van der Waals surface area (Å²) in [6.45, 7) is 1.87. The van der Waals surface area contributed by atoms with Gasteiger partial charge >= 0.3 is 0 Å². The van der Waals surface area contributed by atoms with E-state index in [0.29, 0.717) is 5.75 Å². The number of benzene rings is 1. The molecule has 4 nitrogen and oxygen atoms in total. The lowest BCUT2D eigenvalue weighted by Crippen LogP contribution is -2.24. The molecule has 0 bridgehead atoms. The van der Waals surface area contributed by atoms with E-state index < -0.39 is 0 Å². The Bertz CT molecular complexity index is 625. The first kappa shape index (κ1) is 14.7. The number of para-hydroxylation sites is 1. The van der Waals surface area contributed by atoms with Crippen LogP contribution in [0, 0.1) is 6.92 Å². The Kier molecular flexibility index (Phi) is 5.31. The average Bonchev–Trinajstić information content (AvgIpc) is 2.83.